The molecule has 1 aromatic heterocycles. The highest BCUT2D eigenvalue weighted by Crippen LogP contribution is 2.21. The molecule has 1 fully saturated rings. The first kappa shape index (κ1) is 11.6. The van der Waals surface area contributed by atoms with Crippen LogP contribution in [0.15, 0.2) is 12.4 Å². The van der Waals surface area contributed by atoms with Gasteiger partial charge in [-0.2, -0.15) is 5.10 Å². The summed E-state index contributed by atoms with van der Waals surface area (Å²) in [6.07, 6.45) is 4.80. The lowest BCUT2D eigenvalue weighted by molar-refractivity contribution is -0.138. The second-order valence-electron chi connectivity index (χ2n) is 4.32. The molecule has 0 radical (unpaired) electrons. The molecule has 0 bridgehead atoms. The summed E-state index contributed by atoms with van der Waals surface area (Å²) in [5, 5.41) is 15.0. The van der Waals surface area contributed by atoms with Gasteiger partial charge >= 0.3 is 5.97 Å². The van der Waals surface area contributed by atoms with E-state index < -0.39 is 5.97 Å². The highest BCUT2D eigenvalue weighted by molar-refractivity contribution is 5.93. The van der Waals surface area contributed by atoms with Crippen molar-refractivity contribution in [3.05, 3.63) is 18.0 Å². The molecule has 6 heteroatoms. The zero-order valence-corrected chi connectivity index (χ0v) is 9.43. The molecule has 2 rings (SSSR count). The molecule has 1 aliphatic heterocycles. The van der Waals surface area contributed by atoms with E-state index in [1.165, 1.54) is 6.20 Å². The Kier molecular flexibility index (Phi) is 3.41. The number of carbonyl (C=O) groups is 2. The van der Waals surface area contributed by atoms with E-state index in [0.29, 0.717) is 18.7 Å². The second-order valence-corrected chi connectivity index (χ2v) is 4.32. The number of hydrogen-bond acceptors (Lipinski definition) is 3. The van der Waals surface area contributed by atoms with E-state index in [1.807, 2.05) is 0 Å². The third kappa shape index (κ3) is 2.83. The summed E-state index contributed by atoms with van der Waals surface area (Å²) < 4.78 is 0. The monoisotopic (exact) mass is 237 g/mol. The SMILES string of the molecule is O=C(O)CC1CCN(C(=O)c2cn[nH]c2)CC1. The molecule has 1 aromatic rings. The van der Waals surface area contributed by atoms with Crippen molar-refractivity contribution in [2.24, 2.45) is 5.92 Å². The molecule has 0 aromatic carbocycles. The van der Waals surface area contributed by atoms with Crippen LogP contribution >= 0.6 is 0 Å². The van der Waals surface area contributed by atoms with E-state index in [0.717, 1.165) is 12.8 Å². The Hall–Kier alpha value is -1.85. The molecule has 0 unspecified atom stereocenters. The number of aliphatic carboxylic acids is 1. The van der Waals surface area contributed by atoms with Crippen LogP contribution in [-0.4, -0.2) is 45.2 Å². The van der Waals surface area contributed by atoms with Crippen molar-refractivity contribution in [1.82, 2.24) is 15.1 Å². The standard InChI is InChI=1S/C11H15N3O3/c15-10(16)5-8-1-3-14(4-2-8)11(17)9-6-12-13-7-9/h6-8H,1-5H2,(H,12,13)(H,15,16). The van der Waals surface area contributed by atoms with Crippen LogP contribution in [0.4, 0.5) is 0 Å². The maximum atomic E-state index is 11.9. The Balaban J connectivity index is 1.87. The van der Waals surface area contributed by atoms with Crippen molar-refractivity contribution < 1.29 is 14.7 Å². The average molecular weight is 237 g/mol. The average Bonchev–Trinajstić information content (AvgIpc) is 2.82. The first-order chi connectivity index (χ1) is 8.16. The maximum absolute atomic E-state index is 11.9. The Bertz CT molecular complexity index is 394. The molecule has 1 saturated heterocycles. The quantitative estimate of drug-likeness (QED) is 0.811. The summed E-state index contributed by atoms with van der Waals surface area (Å²) >= 11 is 0. The molecule has 0 aliphatic carbocycles. The number of aromatic amines is 1. The number of carbonyl (C=O) groups excluding carboxylic acids is 1. The van der Waals surface area contributed by atoms with Gasteiger partial charge in [0, 0.05) is 25.7 Å². The fraction of sp³-hybridized carbons (Fsp3) is 0.545. The van der Waals surface area contributed by atoms with Crippen LogP contribution in [0.25, 0.3) is 0 Å². The number of amides is 1. The van der Waals surface area contributed by atoms with Crippen LogP contribution in [0.2, 0.25) is 0 Å². The Morgan fingerprint density at radius 3 is 2.71 bits per heavy atom. The van der Waals surface area contributed by atoms with E-state index in [4.69, 9.17) is 5.11 Å². The van der Waals surface area contributed by atoms with Crippen LogP contribution < -0.4 is 0 Å². The molecule has 0 atom stereocenters. The zero-order chi connectivity index (χ0) is 12.3. The number of carboxylic acids is 1. The molecule has 0 spiro atoms. The smallest absolute Gasteiger partial charge is 0.303 e. The lowest BCUT2D eigenvalue weighted by Gasteiger charge is -2.31. The van der Waals surface area contributed by atoms with Crippen molar-refractivity contribution in [2.75, 3.05) is 13.1 Å². The normalized spacial score (nSPS) is 17.1. The van der Waals surface area contributed by atoms with Gasteiger partial charge in [0.15, 0.2) is 0 Å². The van der Waals surface area contributed by atoms with Crippen molar-refractivity contribution in [3.63, 3.8) is 0 Å². The van der Waals surface area contributed by atoms with Gasteiger partial charge in [0.1, 0.15) is 0 Å². The summed E-state index contributed by atoms with van der Waals surface area (Å²) in [6, 6.07) is 0. The number of carboxylic acid groups (broad SMARTS) is 1. The van der Waals surface area contributed by atoms with Gasteiger partial charge in [-0.15, -0.1) is 0 Å². The summed E-state index contributed by atoms with van der Waals surface area (Å²) in [7, 11) is 0. The van der Waals surface area contributed by atoms with Gasteiger partial charge in [-0.1, -0.05) is 0 Å². The first-order valence-corrected chi connectivity index (χ1v) is 5.66. The fourth-order valence-electron chi connectivity index (χ4n) is 2.14. The predicted octanol–water partition coefficient (Wildman–Crippen LogP) is 0.737. The fourth-order valence-corrected chi connectivity index (χ4v) is 2.14. The summed E-state index contributed by atoms with van der Waals surface area (Å²) in [4.78, 5) is 24.3. The highest BCUT2D eigenvalue weighted by Gasteiger charge is 2.25. The summed E-state index contributed by atoms with van der Waals surface area (Å²) in [6.45, 7) is 1.25. The minimum absolute atomic E-state index is 0.0347. The molecular formula is C11H15N3O3. The molecule has 6 nitrogen and oxygen atoms in total. The molecular weight excluding hydrogens is 222 g/mol. The first-order valence-electron chi connectivity index (χ1n) is 5.66. The molecule has 17 heavy (non-hydrogen) atoms. The topological polar surface area (TPSA) is 86.3 Å². The second kappa shape index (κ2) is 4.99. The lowest BCUT2D eigenvalue weighted by Crippen LogP contribution is -2.38. The number of piperidine rings is 1. The van der Waals surface area contributed by atoms with Gasteiger partial charge in [0.2, 0.25) is 0 Å². The Morgan fingerprint density at radius 2 is 2.18 bits per heavy atom. The number of nitrogens with one attached hydrogen (secondary N) is 1. The zero-order valence-electron chi connectivity index (χ0n) is 9.43. The number of rotatable bonds is 3. The number of nitrogens with zero attached hydrogens (tertiary/aromatic N) is 2. The van der Waals surface area contributed by atoms with E-state index in [9.17, 15) is 9.59 Å². The Morgan fingerprint density at radius 1 is 1.47 bits per heavy atom. The van der Waals surface area contributed by atoms with Crippen molar-refractivity contribution in [3.8, 4) is 0 Å². The minimum atomic E-state index is -0.760. The maximum Gasteiger partial charge on any atom is 0.303 e. The van der Waals surface area contributed by atoms with Crippen LogP contribution in [-0.2, 0) is 4.79 Å². The molecule has 2 heterocycles. The lowest BCUT2D eigenvalue weighted by atomic mass is 9.93. The van der Waals surface area contributed by atoms with Gasteiger partial charge in [-0.25, -0.2) is 0 Å². The third-order valence-corrected chi connectivity index (χ3v) is 3.11. The van der Waals surface area contributed by atoms with Crippen LogP contribution in [0.5, 0.6) is 0 Å². The van der Waals surface area contributed by atoms with E-state index >= 15 is 0 Å². The van der Waals surface area contributed by atoms with Gasteiger partial charge in [-0.3, -0.25) is 14.7 Å². The van der Waals surface area contributed by atoms with Crippen LogP contribution in [0.3, 0.4) is 0 Å². The van der Waals surface area contributed by atoms with Crippen LogP contribution in [0.1, 0.15) is 29.6 Å². The van der Waals surface area contributed by atoms with Gasteiger partial charge < -0.3 is 10.0 Å². The number of aromatic nitrogens is 2. The van der Waals surface area contributed by atoms with Gasteiger partial charge in [-0.05, 0) is 18.8 Å². The molecule has 2 N–H and O–H groups in total. The van der Waals surface area contributed by atoms with Crippen molar-refractivity contribution >= 4 is 11.9 Å². The number of H-pyrrole nitrogens is 1. The minimum Gasteiger partial charge on any atom is -0.481 e. The van der Waals surface area contributed by atoms with Crippen molar-refractivity contribution in [1.29, 1.82) is 0 Å². The highest BCUT2D eigenvalue weighted by atomic mass is 16.4. The Labute approximate surface area is 98.6 Å². The predicted molar refractivity (Wildman–Crippen MR) is 59.5 cm³/mol. The van der Waals surface area contributed by atoms with Gasteiger partial charge in [0.05, 0.1) is 11.8 Å². The van der Waals surface area contributed by atoms with E-state index in [-0.39, 0.29) is 18.2 Å². The van der Waals surface area contributed by atoms with Gasteiger partial charge in [0.25, 0.3) is 5.91 Å². The van der Waals surface area contributed by atoms with Crippen molar-refractivity contribution in [2.45, 2.75) is 19.3 Å². The number of hydrogen-bond donors (Lipinski definition) is 2. The van der Waals surface area contributed by atoms with E-state index in [2.05, 4.69) is 10.2 Å². The molecule has 92 valence electrons. The van der Waals surface area contributed by atoms with Crippen LogP contribution in [0, 0.1) is 5.92 Å². The molecule has 1 aliphatic rings. The largest absolute Gasteiger partial charge is 0.481 e. The number of likely N-dealkylation sites (tertiary alicyclic amines) is 1. The molecule has 1 amide bonds. The van der Waals surface area contributed by atoms with E-state index in [1.54, 1.807) is 11.1 Å². The molecule has 0 saturated carbocycles. The summed E-state index contributed by atoms with van der Waals surface area (Å²) in [5.74, 6) is -0.599. The summed E-state index contributed by atoms with van der Waals surface area (Å²) in [5.41, 5.74) is 0.557. The third-order valence-electron chi connectivity index (χ3n) is 3.11.